The maximum absolute atomic E-state index is 13.3. The van der Waals surface area contributed by atoms with Crippen LogP contribution in [0.5, 0.6) is 0 Å². The first-order valence-corrected chi connectivity index (χ1v) is 6.99. The zero-order valence-electron chi connectivity index (χ0n) is 10.8. The summed E-state index contributed by atoms with van der Waals surface area (Å²) >= 11 is 8.96. The SMILES string of the molecule is COC(=O)c1ccc(C(=O)c2ccc(F)c(Br)c2Cl)cc1. The summed E-state index contributed by atoms with van der Waals surface area (Å²) in [7, 11) is 1.28. The van der Waals surface area contributed by atoms with E-state index in [4.69, 9.17) is 11.6 Å². The zero-order chi connectivity index (χ0) is 15.6. The lowest BCUT2D eigenvalue weighted by molar-refractivity contribution is 0.0600. The molecule has 0 atom stereocenters. The van der Waals surface area contributed by atoms with Crippen LogP contribution in [0.1, 0.15) is 26.3 Å². The van der Waals surface area contributed by atoms with Crippen LogP contribution in [-0.2, 0) is 4.74 Å². The maximum atomic E-state index is 13.3. The molecule has 0 amide bonds. The minimum absolute atomic E-state index is 0.0112. The van der Waals surface area contributed by atoms with Crippen LogP contribution >= 0.6 is 27.5 Å². The van der Waals surface area contributed by atoms with Crippen LogP contribution in [-0.4, -0.2) is 18.9 Å². The van der Waals surface area contributed by atoms with E-state index in [1.807, 2.05) is 0 Å². The van der Waals surface area contributed by atoms with Gasteiger partial charge in [-0.15, -0.1) is 0 Å². The van der Waals surface area contributed by atoms with Gasteiger partial charge in [0.05, 0.1) is 22.2 Å². The summed E-state index contributed by atoms with van der Waals surface area (Å²) < 4.78 is 17.9. The second kappa shape index (κ2) is 6.37. The quantitative estimate of drug-likeness (QED) is 0.460. The highest BCUT2D eigenvalue weighted by Gasteiger charge is 2.17. The Balaban J connectivity index is 2.37. The van der Waals surface area contributed by atoms with Gasteiger partial charge < -0.3 is 4.74 Å². The van der Waals surface area contributed by atoms with Gasteiger partial charge in [-0.25, -0.2) is 9.18 Å². The molecule has 3 nitrogen and oxygen atoms in total. The molecule has 2 aromatic rings. The number of carbonyl (C=O) groups excluding carboxylic acids is 2. The highest BCUT2D eigenvalue weighted by atomic mass is 79.9. The van der Waals surface area contributed by atoms with Crippen LogP contribution in [0.2, 0.25) is 5.02 Å². The Hall–Kier alpha value is -1.72. The zero-order valence-corrected chi connectivity index (χ0v) is 13.2. The highest BCUT2D eigenvalue weighted by Crippen LogP contribution is 2.30. The maximum Gasteiger partial charge on any atom is 0.337 e. The van der Waals surface area contributed by atoms with Crippen molar-refractivity contribution in [1.82, 2.24) is 0 Å². The van der Waals surface area contributed by atoms with E-state index in [-0.39, 0.29) is 20.8 Å². The van der Waals surface area contributed by atoms with E-state index in [0.717, 1.165) is 6.07 Å². The molecule has 0 aliphatic heterocycles. The second-order valence-corrected chi connectivity index (χ2v) is 5.29. The summed E-state index contributed by atoms with van der Waals surface area (Å²) in [5.41, 5.74) is 0.847. The Labute approximate surface area is 133 Å². The van der Waals surface area contributed by atoms with E-state index in [1.165, 1.54) is 37.4 Å². The molecule has 0 unspecified atom stereocenters. The van der Waals surface area contributed by atoms with Crippen molar-refractivity contribution in [3.63, 3.8) is 0 Å². The average molecular weight is 372 g/mol. The lowest BCUT2D eigenvalue weighted by atomic mass is 10.0. The van der Waals surface area contributed by atoms with Gasteiger partial charge in [-0.2, -0.15) is 0 Å². The Bertz CT molecular complexity index is 714. The van der Waals surface area contributed by atoms with Crippen LogP contribution in [0, 0.1) is 5.82 Å². The molecule has 0 N–H and O–H groups in total. The lowest BCUT2D eigenvalue weighted by Crippen LogP contribution is -2.05. The summed E-state index contributed by atoms with van der Waals surface area (Å²) in [6.07, 6.45) is 0. The van der Waals surface area contributed by atoms with E-state index >= 15 is 0 Å². The molecule has 0 saturated heterocycles. The molecule has 108 valence electrons. The molecule has 0 aromatic heterocycles. The number of benzene rings is 2. The largest absolute Gasteiger partial charge is 0.465 e. The highest BCUT2D eigenvalue weighted by molar-refractivity contribution is 9.10. The molecule has 0 aliphatic rings. The van der Waals surface area contributed by atoms with E-state index < -0.39 is 11.8 Å². The van der Waals surface area contributed by atoms with Gasteiger partial charge in [-0.3, -0.25) is 4.79 Å². The van der Waals surface area contributed by atoms with E-state index in [1.54, 1.807) is 0 Å². The van der Waals surface area contributed by atoms with Crippen molar-refractivity contribution in [2.24, 2.45) is 0 Å². The molecule has 0 spiro atoms. The number of ether oxygens (including phenoxy) is 1. The first-order valence-electron chi connectivity index (χ1n) is 5.82. The number of halogens is 3. The number of rotatable bonds is 3. The van der Waals surface area contributed by atoms with Crippen molar-refractivity contribution in [1.29, 1.82) is 0 Å². The van der Waals surface area contributed by atoms with E-state index in [2.05, 4.69) is 20.7 Å². The van der Waals surface area contributed by atoms with Gasteiger partial charge >= 0.3 is 5.97 Å². The van der Waals surface area contributed by atoms with Crippen molar-refractivity contribution in [2.45, 2.75) is 0 Å². The fraction of sp³-hybridized carbons (Fsp3) is 0.0667. The van der Waals surface area contributed by atoms with Gasteiger partial charge in [0.2, 0.25) is 0 Å². The number of esters is 1. The summed E-state index contributed by atoms with van der Waals surface area (Å²) in [5, 5.41) is 0.0112. The van der Waals surface area contributed by atoms with Gasteiger partial charge in [0.1, 0.15) is 5.82 Å². The normalized spacial score (nSPS) is 10.3. The number of carbonyl (C=O) groups is 2. The molecule has 0 bridgehead atoms. The van der Waals surface area contributed by atoms with Gasteiger partial charge in [0.15, 0.2) is 5.78 Å². The van der Waals surface area contributed by atoms with Crippen LogP contribution in [0.25, 0.3) is 0 Å². The van der Waals surface area contributed by atoms with Crippen molar-refractivity contribution in [3.8, 4) is 0 Å². The second-order valence-electron chi connectivity index (χ2n) is 4.12. The molecular formula is C15H9BrClFO3. The van der Waals surface area contributed by atoms with Crippen molar-refractivity contribution in [3.05, 3.63) is 68.4 Å². The number of methoxy groups -OCH3 is 1. The summed E-state index contributed by atoms with van der Waals surface area (Å²) in [6, 6.07) is 8.41. The molecule has 0 fully saturated rings. The fourth-order valence-electron chi connectivity index (χ4n) is 1.73. The first-order chi connectivity index (χ1) is 9.95. The Kier molecular flexibility index (Phi) is 4.75. The molecule has 2 rings (SSSR count). The van der Waals surface area contributed by atoms with E-state index in [0.29, 0.717) is 11.1 Å². The minimum atomic E-state index is -0.544. The van der Waals surface area contributed by atoms with Crippen molar-refractivity contribution >= 4 is 39.3 Å². The van der Waals surface area contributed by atoms with Crippen molar-refractivity contribution < 1.29 is 18.7 Å². The third kappa shape index (κ3) is 3.14. The number of hydrogen-bond donors (Lipinski definition) is 0. The van der Waals surface area contributed by atoms with Crippen molar-refractivity contribution in [2.75, 3.05) is 7.11 Å². The first kappa shape index (κ1) is 15.7. The molecule has 0 radical (unpaired) electrons. The van der Waals surface area contributed by atoms with Gasteiger partial charge in [-0.05, 0) is 40.2 Å². The van der Waals surface area contributed by atoms with Gasteiger partial charge in [-0.1, -0.05) is 23.7 Å². The number of hydrogen-bond acceptors (Lipinski definition) is 3. The van der Waals surface area contributed by atoms with E-state index in [9.17, 15) is 14.0 Å². The van der Waals surface area contributed by atoms with Gasteiger partial charge in [0.25, 0.3) is 0 Å². The third-order valence-corrected chi connectivity index (χ3v) is 4.24. The topological polar surface area (TPSA) is 43.4 Å². The predicted octanol–water partition coefficient (Wildman–Crippen LogP) is 4.26. The third-order valence-electron chi connectivity index (χ3n) is 2.85. The number of ketones is 1. The molecule has 6 heteroatoms. The Morgan fingerprint density at radius 2 is 1.67 bits per heavy atom. The Morgan fingerprint density at radius 1 is 1.10 bits per heavy atom. The molecule has 0 heterocycles. The molecule has 21 heavy (non-hydrogen) atoms. The summed E-state index contributed by atoms with van der Waals surface area (Å²) in [4.78, 5) is 23.7. The molecular weight excluding hydrogens is 363 g/mol. The molecule has 2 aromatic carbocycles. The standard InChI is InChI=1S/C15H9BrClFO3/c1-21-15(20)9-4-2-8(3-5-9)14(19)10-6-7-11(18)12(16)13(10)17/h2-7H,1H3. The van der Waals surface area contributed by atoms with Gasteiger partial charge in [0, 0.05) is 11.1 Å². The van der Waals surface area contributed by atoms with Crippen LogP contribution in [0.4, 0.5) is 4.39 Å². The van der Waals surface area contributed by atoms with Crippen LogP contribution < -0.4 is 0 Å². The molecule has 0 saturated carbocycles. The minimum Gasteiger partial charge on any atom is -0.465 e. The predicted molar refractivity (Wildman–Crippen MR) is 80.3 cm³/mol. The molecule has 0 aliphatic carbocycles. The van der Waals surface area contributed by atoms with Crippen LogP contribution in [0.15, 0.2) is 40.9 Å². The fourth-order valence-corrected chi connectivity index (χ4v) is 2.32. The monoisotopic (exact) mass is 370 g/mol. The Morgan fingerprint density at radius 3 is 2.24 bits per heavy atom. The lowest BCUT2D eigenvalue weighted by Gasteiger charge is -2.07. The summed E-state index contributed by atoms with van der Waals surface area (Å²) in [6.45, 7) is 0. The average Bonchev–Trinajstić information content (AvgIpc) is 2.51. The summed E-state index contributed by atoms with van der Waals surface area (Å²) in [5.74, 6) is -1.40. The van der Waals surface area contributed by atoms with Crippen LogP contribution in [0.3, 0.4) is 0 Å². The smallest absolute Gasteiger partial charge is 0.337 e.